The van der Waals surface area contributed by atoms with E-state index in [0.29, 0.717) is 44.9 Å². The molecule has 5 fully saturated rings. The molecule has 6 rings (SSSR count). The van der Waals surface area contributed by atoms with Gasteiger partial charge in [0.05, 0.1) is 35.2 Å². The van der Waals surface area contributed by atoms with E-state index in [1.165, 1.54) is 0 Å². The number of carboxylic acid groups (broad SMARTS) is 1. The second-order valence-corrected chi connectivity index (χ2v) is 17.5. The first-order chi connectivity index (χ1) is 22.2. The van der Waals surface area contributed by atoms with Crippen molar-refractivity contribution < 1.29 is 59.9 Å². The second-order valence-electron chi connectivity index (χ2n) is 17.5. The Kier molecular flexibility index (Phi) is 8.61. The van der Waals surface area contributed by atoms with E-state index in [0.717, 1.165) is 5.57 Å². The number of fused-ring (bicyclic) bond motifs is 7. The van der Waals surface area contributed by atoms with Crippen LogP contribution in [-0.4, -0.2) is 108 Å². The van der Waals surface area contributed by atoms with Gasteiger partial charge in [-0.25, -0.2) is 0 Å². The van der Waals surface area contributed by atoms with Crippen LogP contribution in [0.1, 0.15) is 92.9 Å². The molecule has 5 aliphatic carbocycles. The number of ether oxygens (including phenoxy) is 2. The number of hydrogen-bond donors (Lipinski definition) is 8. The summed E-state index contributed by atoms with van der Waals surface area (Å²) in [6.07, 6.45) is -4.43. The molecule has 0 spiro atoms. The monoisotopic (exact) mass is 680 g/mol. The van der Waals surface area contributed by atoms with Crippen molar-refractivity contribution in [3.05, 3.63) is 11.6 Å². The van der Waals surface area contributed by atoms with Crippen molar-refractivity contribution in [1.29, 1.82) is 0 Å². The molecule has 6 aliphatic rings. The topological polar surface area (TPSA) is 214 Å². The highest BCUT2D eigenvalue weighted by Crippen LogP contribution is 2.76. The van der Waals surface area contributed by atoms with Gasteiger partial charge in [-0.3, -0.25) is 9.59 Å². The smallest absolute Gasteiger partial charge is 0.315 e. The summed E-state index contributed by atoms with van der Waals surface area (Å²) < 4.78 is 11.4. The molecule has 0 bridgehead atoms. The van der Waals surface area contributed by atoms with Gasteiger partial charge in [-0.05, 0) is 99.2 Å². The summed E-state index contributed by atoms with van der Waals surface area (Å²) in [5.41, 5.74) is -4.57. The molecule has 0 unspecified atom stereocenters. The third-order valence-electron chi connectivity index (χ3n) is 15.6. The molecule has 17 atom stereocenters. The number of carboxylic acids is 1. The van der Waals surface area contributed by atoms with E-state index >= 15 is 0 Å². The molecule has 48 heavy (non-hydrogen) atoms. The van der Waals surface area contributed by atoms with Gasteiger partial charge in [-0.1, -0.05) is 39.3 Å². The molecule has 12 heteroatoms. The van der Waals surface area contributed by atoms with Crippen LogP contribution in [-0.2, 0) is 19.1 Å². The fraction of sp³-hybridized carbons (Fsp3) is 0.889. The Hall–Kier alpha value is -1.64. The number of esters is 1. The lowest BCUT2D eigenvalue weighted by Gasteiger charge is -2.71. The standard InChI is InChI=1S/C36H56O12/c1-17-9-12-36(30(45)48-28-25(41)24(40)23(39)20(16-37)47-28)14-13-32(3)18(26(36)35(17,6)46)7-8-21-31(2)15-19(38)27(42)34(5,29(43)44)22(31)10-11-33(21,32)4/h7,17,19-28,37-42,46H,8-16H2,1-6H3,(H,43,44)/t17-,19-,20-,21-,22-,23-,24+,25-,26-,27+,28+,31-,32-,33-,34+,35-,36+/m1/s1. The van der Waals surface area contributed by atoms with E-state index in [2.05, 4.69) is 26.8 Å². The summed E-state index contributed by atoms with van der Waals surface area (Å²) in [6.45, 7) is 11.2. The molecule has 0 amide bonds. The number of aliphatic hydroxyl groups is 7. The number of carbonyl (C=O) groups excluding carboxylic acids is 1. The average molecular weight is 681 g/mol. The molecule has 0 aromatic rings. The Morgan fingerprint density at radius 1 is 0.917 bits per heavy atom. The van der Waals surface area contributed by atoms with Gasteiger partial charge in [0.15, 0.2) is 0 Å². The van der Waals surface area contributed by atoms with E-state index in [4.69, 9.17) is 9.47 Å². The lowest BCUT2D eigenvalue weighted by Crippen LogP contribution is -2.70. The highest BCUT2D eigenvalue weighted by Gasteiger charge is 2.73. The van der Waals surface area contributed by atoms with E-state index in [9.17, 15) is 50.4 Å². The molecule has 0 aromatic carbocycles. The molecule has 0 aromatic heterocycles. The molecule has 1 saturated heterocycles. The molecule has 1 aliphatic heterocycles. The van der Waals surface area contributed by atoms with Crippen LogP contribution in [0.2, 0.25) is 0 Å². The maximum Gasteiger partial charge on any atom is 0.315 e. The highest BCUT2D eigenvalue weighted by atomic mass is 16.7. The first-order valence-electron chi connectivity index (χ1n) is 17.7. The predicted molar refractivity (Wildman–Crippen MR) is 170 cm³/mol. The Morgan fingerprint density at radius 3 is 2.21 bits per heavy atom. The minimum Gasteiger partial charge on any atom is -0.481 e. The minimum absolute atomic E-state index is 0.0437. The van der Waals surface area contributed by atoms with Crippen LogP contribution in [0.25, 0.3) is 0 Å². The minimum atomic E-state index is -1.75. The molecule has 8 N–H and O–H groups in total. The van der Waals surface area contributed by atoms with E-state index in [1.54, 1.807) is 13.8 Å². The van der Waals surface area contributed by atoms with E-state index in [-0.39, 0.29) is 24.2 Å². The maximum atomic E-state index is 14.5. The van der Waals surface area contributed by atoms with Crippen LogP contribution in [0.5, 0.6) is 0 Å². The van der Waals surface area contributed by atoms with Gasteiger partial charge in [-0.15, -0.1) is 0 Å². The number of rotatable bonds is 4. The van der Waals surface area contributed by atoms with Crippen LogP contribution in [0.15, 0.2) is 11.6 Å². The van der Waals surface area contributed by atoms with Crippen molar-refractivity contribution >= 4 is 11.9 Å². The van der Waals surface area contributed by atoms with Crippen LogP contribution < -0.4 is 0 Å². The highest BCUT2D eigenvalue weighted by molar-refractivity contribution is 5.79. The molecule has 1 heterocycles. The zero-order valence-electron chi connectivity index (χ0n) is 29.0. The fourth-order valence-electron chi connectivity index (χ4n) is 12.3. The number of aliphatic hydroxyl groups excluding tert-OH is 6. The largest absolute Gasteiger partial charge is 0.481 e. The van der Waals surface area contributed by atoms with Gasteiger partial charge >= 0.3 is 11.9 Å². The van der Waals surface area contributed by atoms with E-state index in [1.807, 2.05) is 6.92 Å². The van der Waals surface area contributed by atoms with Crippen molar-refractivity contribution in [2.24, 2.45) is 50.7 Å². The Bertz CT molecular complexity index is 1350. The number of aliphatic carboxylic acids is 1. The lowest BCUT2D eigenvalue weighted by molar-refractivity contribution is -0.299. The van der Waals surface area contributed by atoms with Crippen molar-refractivity contribution in [2.75, 3.05) is 6.61 Å². The van der Waals surface area contributed by atoms with Gasteiger partial charge < -0.3 is 50.3 Å². The predicted octanol–water partition coefficient (Wildman–Crippen LogP) is 1.50. The number of hydrogen-bond acceptors (Lipinski definition) is 11. The van der Waals surface area contributed by atoms with Crippen LogP contribution in [0, 0.1) is 50.7 Å². The zero-order chi connectivity index (χ0) is 35.6. The summed E-state index contributed by atoms with van der Waals surface area (Å²) in [7, 11) is 0. The summed E-state index contributed by atoms with van der Waals surface area (Å²) in [4.78, 5) is 27.2. The van der Waals surface area contributed by atoms with Gasteiger partial charge in [0.2, 0.25) is 6.29 Å². The van der Waals surface area contributed by atoms with Crippen LogP contribution in [0.3, 0.4) is 0 Å². The fourth-order valence-corrected chi connectivity index (χ4v) is 12.3. The van der Waals surface area contributed by atoms with Crippen molar-refractivity contribution in [3.8, 4) is 0 Å². The molecular weight excluding hydrogens is 624 g/mol. The van der Waals surface area contributed by atoms with Gasteiger partial charge in [0.1, 0.15) is 24.4 Å². The zero-order valence-corrected chi connectivity index (χ0v) is 29.0. The van der Waals surface area contributed by atoms with Crippen molar-refractivity contribution in [2.45, 2.75) is 141 Å². The maximum absolute atomic E-state index is 14.5. The molecule has 12 nitrogen and oxygen atoms in total. The van der Waals surface area contributed by atoms with Gasteiger partial charge in [0, 0.05) is 5.92 Å². The lowest BCUT2D eigenvalue weighted by atomic mass is 9.33. The number of carbonyl (C=O) groups is 2. The normalized spacial score (nSPS) is 56.4. The molecular formula is C36H56O12. The Balaban J connectivity index is 1.41. The average Bonchev–Trinajstić information content (AvgIpc) is 3.02. The van der Waals surface area contributed by atoms with Gasteiger partial charge in [0.25, 0.3) is 0 Å². The third kappa shape index (κ3) is 4.49. The Morgan fingerprint density at radius 2 is 1.58 bits per heavy atom. The van der Waals surface area contributed by atoms with Gasteiger partial charge in [-0.2, -0.15) is 0 Å². The van der Waals surface area contributed by atoms with Crippen molar-refractivity contribution in [1.82, 2.24) is 0 Å². The molecule has 272 valence electrons. The summed E-state index contributed by atoms with van der Waals surface area (Å²) in [6, 6.07) is 0. The quantitative estimate of drug-likeness (QED) is 0.157. The van der Waals surface area contributed by atoms with E-state index < -0.39 is 100 Å². The SMILES string of the molecule is C[C@@H]1CC[C@]2(C(=O)O[C@@H]3O[C@H](CO)[C@@H](O)[C@H](O)[C@H]3O)CC[C@]3(C)C(=CC[C@@H]4[C@@]5(C)C[C@@H](O)[C@H](O)[C@@](C)(C(=O)O)[C@@H]5CC[C@]43C)[C@@H]2[C@]1(C)O. The Labute approximate surface area is 282 Å². The third-order valence-corrected chi connectivity index (χ3v) is 15.6. The first-order valence-corrected chi connectivity index (χ1v) is 17.7. The summed E-state index contributed by atoms with van der Waals surface area (Å²) >= 11 is 0. The van der Waals surface area contributed by atoms with Crippen LogP contribution in [0.4, 0.5) is 0 Å². The molecule has 4 saturated carbocycles. The van der Waals surface area contributed by atoms with Crippen molar-refractivity contribution in [3.63, 3.8) is 0 Å². The number of allylic oxidation sites excluding steroid dienone is 1. The first kappa shape index (κ1) is 36.2. The summed E-state index contributed by atoms with van der Waals surface area (Å²) in [5, 5.41) is 85.9. The summed E-state index contributed by atoms with van der Waals surface area (Å²) in [5.74, 6) is -3.01. The second kappa shape index (κ2) is 11.4. The van der Waals surface area contributed by atoms with Crippen LogP contribution >= 0.6 is 0 Å². The molecule has 0 radical (unpaired) electrons.